The molecule has 1 aromatic heterocycles. The first-order valence-electron chi connectivity index (χ1n) is 7.92. The van der Waals surface area contributed by atoms with E-state index < -0.39 is 0 Å². The van der Waals surface area contributed by atoms with E-state index >= 15 is 0 Å². The average molecular weight is 347 g/mol. The quantitative estimate of drug-likeness (QED) is 0.757. The zero-order valence-corrected chi connectivity index (χ0v) is 14.5. The summed E-state index contributed by atoms with van der Waals surface area (Å²) in [6.07, 6.45) is 0.834. The predicted molar refractivity (Wildman–Crippen MR) is 95.1 cm³/mol. The lowest BCUT2D eigenvalue weighted by atomic mass is 10.1. The molecule has 0 saturated heterocycles. The second-order valence-corrected chi connectivity index (χ2v) is 6.53. The van der Waals surface area contributed by atoms with Crippen LogP contribution in [0.5, 0.6) is 0 Å². The Morgan fingerprint density at radius 2 is 1.96 bits per heavy atom. The van der Waals surface area contributed by atoms with E-state index in [1.54, 1.807) is 23.5 Å². The zero-order chi connectivity index (χ0) is 17.4. The van der Waals surface area contributed by atoms with Crippen molar-refractivity contribution in [3.63, 3.8) is 0 Å². The fraction of sp³-hybridized carbons (Fsp3) is 0.368. The minimum atomic E-state index is -0.246. The lowest BCUT2D eigenvalue weighted by Gasteiger charge is -2.29. The van der Waals surface area contributed by atoms with Crippen LogP contribution in [-0.2, 0) is 13.1 Å². The Kier molecular flexibility index (Phi) is 7.41. The van der Waals surface area contributed by atoms with E-state index in [9.17, 15) is 9.50 Å². The molecule has 0 saturated carbocycles. The number of aliphatic hydroxyl groups is 2. The zero-order valence-electron chi connectivity index (χ0n) is 13.7. The number of rotatable bonds is 7. The normalized spacial score (nSPS) is 12.0. The third kappa shape index (κ3) is 5.43. The summed E-state index contributed by atoms with van der Waals surface area (Å²) in [5.41, 5.74) is 1.91. The van der Waals surface area contributed by atoms with Gasteiger partial charge in [0.05, 0.1) is 6.61 Å². The van der Waals surface area contributed by atoms with Gasteiger partial charge in [-0.3, -0.25) is 4.90 Å². The minimum absolute atomic E-state index is 0.0455. The van der Waals surface area contributed by atoms with Crippen molar-refractivity contribution in [2.24, 2.45) is 0 Å². The summed E-state index contributed by atoms with van der Waals surface area (Å²) < 4.78 is 13.1. The Balaban J connectivity index is 2.13. The minimum Gasteiger partial charge on any atom is -0.395 e. The van der Waals surface area contributed by atoms with Crippen LogP contribution in [0.1, 0.15) is 29.3 Å². The van der Waals surface area contributed by atoms with Crippen LogP contribution in [0.3, 0.4) is 0 Å². The third-order valence-corrected chi connectivity index (χ3v) is 4.74. The first kappa shape index (κ1) is 18.6. The highest BCUT2D eigenvalue weighted by Crippen LogP contribution is 2.20. The monoisotopic (exact) mass is 347 g/mol. The molecule has 1 unspecified atom stereocenters. The van der Waals surface area contributed by atoms with Crippen LogP contribution >= 0.6 is 11.3 Å². The van der Waals surface area contributed by atoms with Gasteiger partial charge in [-0.2, -0.15) is 0 Å². The summed E-state index contributed by atoms with van der Waals surface area (Å²) in [6.45, 7) is 3.33. The molecular weight excluding hydrogens is 325 g/mol. The lowest BCUT2D eigenvalue weighted by Crippen LogP contribution is -2.36. The Bertz CT molecular complexity index is 683. The molecule has 0 spiro atoms. The molecule has 0 aliphatic carbocycles. The van der Waals surface area contributed by atoms with E-state index in [0.717, 1.165) is 22.4 Å². The number of hydrogen-bond acceptors (Lipinski definition) is 4. The van der Waals surface area contributed by atoms with E-state index in [-0.39, 0.29) is 25.1 Å². The summed E-state index contributed by atoms with van der Waals surface area (Å²) in [7, 11) is 0. The van der Waals surface area contributed by atoms with Gasteiger partial charge in [0.2, 0.25) is 0 Å². The smallest absolute Gasteiger partial charge is 0.123 e. The second kappa shape index (κ2) is 9.55. The van der Waals surface area contributed by atoms with E-state index in [4.69, 9.17) is 5.11 Å². The molecule has 1 heterocycles. The maximum atomic E-state index is 13.1. The largest absolute Gasteiger partial charge is 0.395 e. The molecule has 2 rings (SSSR count). The molecule has 5 heteroatoms. The van der Waals surface area contributed by atoms with Gasteiger partial charge in [-0.1, -0.05) is 30.9 Å². The highest BCUT2D eigenvalue weighted by atomic mass is 32.1. The molecule has 0 aliphatic heterocycles. The molecule has 2 N–H and O–H groups in total. The molecule has 0 fully saturated rings. The highest BCUT2D eigenvalue weighted by Gasteiger charge is 2.17. The van der Waals surface area contributed by atoms with Crippen LogP contribution in [-0.4, -0.2) is 34.4 Å². The average Bonchev–Trinajstić information content (AvgIpc) is 3.03. The van der Waals surface area contributed by atoms with Crippen LogP contribution in [0.25, 0.3) is 0 Å². The van der Waals surface area contributed by atoms with Gasteiger partial charge in [0.25, 0.3) is 0 Å². The number of hydrogen-bond donors (Lipinski definition) is 2. The van der Waals surface area contributed by atoms with Crippen LogP contribution in [0, 0.1) is 17.7 Å². The van der Waals surface area contributed by atoms with E-state index in [1.807, 2.05) is 18.4 Å². The molecule has 2 aromatic rings. The molecule has 0 amide bonds. The molecule has 1 aromatic carbocycles. The standard InChI is InChI=1S/C19H22FNO2S/c1-2-18(13-23)21(11-15-5-7-17(20)8-6-15)12-19-10-16(14-24-19)4-3-9-22/h5-8,10,14,18,22-23H,2,9,11-13H2,1H3. The Hall–Kier alpha value is -1.71. The SMILES string of the molecule is CCC(CO)N(Cc1ccc(F)cc1)Cc1cc(C#CCO)cs1. The maximum Gasteiger partial charge on any atom is 0.123 e. The predicted octanol–water partition coefficient (Wildman–Crippen LogP) is 3.00. The first-order valence-corrected chi connectivity index (χ1v) is 8.80. The maximum absolute atomic E-state index is 13.1. The summed E-state index contributed by atoms with van der Waals surface area (Å²) in [5, 5.41) is 20.4. The number of halogens is 1. The molecule has 0 radical (unpaired) electrons. The van der Waals surface area contributed by atoms with Gasteiger partial charge in [0.15, 0.2) is 0 Å². The van der Waals surface area contributed by atoms with Crippen LogP contribution in [0.15, 0.2) is 35.7 Å². The van der Waals surface area contributed by atoms with Crippen LogP contribution < -0.4 is 0 Å². The van der Waals surface area contributed by atoms with E-state index in [1.165, 1.54) is 12.1 Å². The van der Waals surface area contributed by atoms with Crippen LogP contribution in [0.4, 0.5) is 4.39 Å². The Labute approximate surface area is 146 Å². The Morgan fingerprint density at radius 3 is 2.58 bits per heavy atom. The number of aliphatic hydroxyl groups excluding tert-OH is 2. The number of thiophene rings is 1. The van der Waals surface area contributed by atoms with Crippen molar-refractivity contribution in [2.75, 3.05) is 13.2 Å². The van der Waals surface area contributed by atoms with Gasteiger partial charge in [0.1, 0.15) is 12.4 Å². The summed E-state index contributed by atoms with van der Waals surface area (Å²) in [4.78, 5) is 3.34. The van der Waals surface area contributed by atoms with E-state index in [2.05, 4.69) is 16.7 Å². The third-order valence-electron chi connectivity index (χ3n) is 3.82. The molecular formula is C19H22FNO2S. The van der Waals surface area contributed by atoms with Gasteiger partial charge in [-0.05, 0) is 30.2 Å². The van der Waals surface area contributed by atoms with Crippen molar-refractivity contribution in [3.05, 3.63) is 57.5 Å². The fourth-order valence-corrected chi connectivity index (χ4v) is 3.35. The van der Waals surface area contributed by atoms with Gasteiger partial charge in [-0.15, -0.1) is 11.3 Å². The molecule has 24 heavy (non-hydrogen) atoms. The topological polar surface area (TPSA) is 43.7 Å². The summed E-state index contributed by atoms with van der Waals surface area (Å²) in [5.74, 6) is 5.30. The molecule has 1 atom stereocenters. The van der Waals surface area contributed by atoms with Gasteiger partial charge < -0.3 is 10.2 Å². The second-order valence-electron chi connectivity index (χ2n) is 5.54. The van der Waals surface area contributed by atoms with Crippen LogP contribution in [0.2, 0.25) is 0 Å². The fourth-order valence-electron chi connectivity index (χ4n) is 2.51. The van der Waals surface area contributed by atoms with Gasteiger partial charge in [-0.25, -0.2) is 4.39 Å². The number of benzene rings is 1. The number of nitrogens with zero attached hydrogens (tertiary/aromatic N) is 1. The van der Waals surface area contributed by atoms with Crippen molar-refractivity contribution in [1.82, 2.24) is 4.90 Å². The highest BCUT2D eigenvalue weighted by molar-refractivity contribution is 7.10. The molecule has 0 bridgehead atoms. The van der Waals surface area contributed by atoms with Crippen molar-refractivity contribution < 1.29 is 14.6 Å². The summed E-state index contributed by atoms with van der Waals surface area (Å²) >= 11 is 1.61. The Morgan fingerprint density at radius 1 is 1.21 bits per heavy atom. The van der Waals surface area contributed by atoms with Crippen molar-refractivity contribution >= 4 is 11.3 Å². The van der Waals surface area contributed by atoms with Crippen molar-refractivity contribution in [3.8, 4) is 11.8 Å². The van der Waals surface area contributed by atoms with Crippen molar-refractivity contribution in [2.45, 2.75) is 32.5 Å². The molecule has 0 aliphatic rings. The van der Waals surface area contributed by atoms with Crippen molar-refractivity contribution in [1.29, 1.82) is 0 Å². The molecule has 128 valence electrons. The lowest BCUT2D eigenvalue weighted by molar-refractivity contribution is 0.107. The van der Waals surface area contributed by atoms with Gasteiger partial charge in [0, 0.05) is 35.0 Å². The first-order chi connectivity index (χ1) is 11.7. The van der Waals surface area contributed by atoms with Gasteiger partial charge >= 0.3 is 0 Å². The summed E-state index contributed by atoms with van der Waals surface area (Å²) in [6, 6.07) is 8.53. The van der Waals surface area contributed by atoms with E-state index in [0.29, 0.717) is 13.1 Å². The molecule has 3 nitrogen and oxygen atoms in total.